The standard InChI is InChI=1S/C20H18N4O/c21-12-13-5-7-15(8-6-13)17-4-2-1-3-14-9-10-16(11-18(14)17)19(25)24-20(22)23/h4-11H,1-3H2,(H4,22,23,24,25). The Morgan fingerprint density at radius 2 is 1.88 bits per heavy atom. The highest BCUT2D eigenvalue weighted by molar-refractivity contribution is 6.02. The molecule has 2 aromatic rings. The average molecular weight is 330 g/mol. The number of carbonyl (C=O) groups is 1. The van der Waals surface area contributed by atoms with E-state index < -0.39 is 5.91 Å². The second-order valence-electron chi connectivity index (χ2n) is 5.91. The molecule has 0 heterocycles. The Morgan fingerprint density at radius 3 is 2.56 bits per heavy atom. The van der Waals surface area contributed by atoms with Crippen molar-refractivity contribution in [2.75, 3.05) is 0 Å². The molecule has 3 rings (SSSR count). The van der Waals surface area contributed by atoms with Gasteiger partial charge in [-0.25, -0.2) is 0 Å². The quantitative estimate of drug-likeness (QED) is 0.652. The Labute approximate surface area is 146 Å². The summed E-state index contributed by atoms with van der Waals surface area (Å²) in [6, 6.07) is 15.2. The van der Waals surface area contributed by atoms with Gasteiger partial charge in [-0.3, -0.25) is 4.79 Å². The smallest absolute Gasteiger partial charge is 0.280 e. The van der Waals surface area contributed by atoms with Gasteiger partial charge >= 0.3 is 0 Å². The second-order valence-corrected chi connectivity index (χ2v) is 5.91. The molecule has 1 amide bonds. The van der Waals surface area contributed by atoms with E-state index in [-0.39, 0.29) is 5.96 Å². The molecule has 124 valence electrons. The van der Waals surface area contributed by atoms with Crippen LogP contribution in [-0.2, 0) is 6.42 Å². The predicted octanol–water partition coefficient (Wildman–Crippen LogP) is 2.74. The number of amides is 1. The Hall–Kier alpha value is -3.39. The zero-order chi connectivity index (χ0) is 17.8. The van der Waals surface area contributed by atoms with Gasteiger partial charge in [0.2, 0.25) is 0 Å². The van der Waals surface area contributed by atoms with Crippen molar-refractivity contribution in [3.05, 3.63) is 76.4 Å². The molecular formula is C20H18N4O. The number of fused-ring (bicyclic) bond motifs is 1. The topological polar surface area (TPSA) is 105 Å². The fraction of sp³-hybridized carbons (Fsp3) is 0.150. The van der Waals surface area contributed by atoms with E-state index in [0.717, 1.165) is 36.0 Å². The average Bonchev–Trinajstić information content (AvgIpc) is 2.83. The first-order valence-corrected chi connectivity index (χ1v) is 8.06. The highest BCUT2D eigenvalue weighted by Gasteiger charge is 2.16. The summed E-state index contributed by atoms with van der Waals surface area (Å²) in [6.07, 6.45) is 5.14. The van der Waals surface area contributed by atoms with Crippen molar-refractivity contribution in [3.8, 4) is 6.07 Å². The van der Waals surface area contributed by atoms with Gasteiger partial charge < -0.3 is 11.5 Å². The lowest BCUT2D eigenvalue weighted by Crippen LogP contribution is -2.24. The molecule has 0 unspecified atom stereocenters. The summed E-state index contributed by atoms with van der Waals surface area (Å²) in [5.74, 6) is -0.700. The molecule has 1 aliphatic rings. The zero-order valence-electron chi connectivity index (χ0n) is 13.7. The van der Waals surface area contributed by atoms with Gasteiger partial charge in [0.05, 0.1) is 11.6 Å². The first-order valence-electron chi connectivity index (χ1n) is 8.06. The van der Waals surface area contributed by atoms with Crippen molar-refractivity contribution in [2.24, 2.45) is 16.5 Å². The highest BCUT2D eigenvalue weighted by atomic mass is 16.1. The molecule has 0 fully saturated rings. The van der Waals surface area contributed by atoms with E-state index >= 15 is 0 Å². The lowest BCUT2D eigenvalue weighted by molar-refractivity contribution is 0.100. The third-order valence-corrected chi connectivity index (χ3v) is 4.20. The molecule has 0 aliphatic heterocycles. The van der Waals surface area contributed by atoms with Gasteiger partial charge in [-0.1, -0.05) is 24.3 Å². The third-order valence-electron chi connectivity index (χ3n) is 4.20. The van der Waals surface area contributed by atoms with E-state index in [1.54, 1.807) is 18.2 Å². The van der Waals surface area contributed by atoms with Gasteiger partial charge in [0.1, 0.15) is 0 Å². The van der Waals surface area contributed by atoms with E-state index in [1.165, 1.54) is 5.56 Å². The minimum absolute atomic E-state index is 0.247. The first-order chi connectivity index (χ1) is 12.1. The van der Waals surface area contributed by atoms with Crippen LogP contribution in [0.1, 0.15) is 45.5 Å². The molecule has 0 radical (unpaired) electrons. The van der Waals surface area contributed by atoms with Crippen LogP contribution >= 0.6 is 0 Å². The number of aryl methyl sites for hydroxylation is 1. The van der Waals surface area contributed by atoms with Crippen LogP contribution in [-0.4, -0.2) is 11.9 Å². The number of allylic oxidation sites excluding steroid dienone is 1. The Bertz CT molecular complexity index is 914. The maximum absolute atomic E-state index is 12.2. The molecule has 2 aromatic carbocycles. The molecule has 4 N–H and O–H groups in total. The largest absolute Gasteiger partial charge is 0.370 e. The molecule has 0 saturated heterocycles. The normalized spacial score (nSPS) is 13.0. The SMILES string of the molecule is N#Cc1ccc(C2=CCCCc3ccc(C(=O)N=C(N)N)cc32)cc1. The van der Waals surface area contributed by atoms with Gasteiger partial charge in [0.25, 0.3) is 5.91 Å². The second kappa shape index (κ2) is 7.02. The maximum Gasteiger partial charge on any atom is 0.280 e. The monoisotopic (exact) mass is 330 g/mol. The van der Waals surface area contributed by atoms with Crippen molar-refractivity contribution in [2.45, 2.75) is 19.3 Å². The summed E-state index contributed by atoms with van der Waals surface area (Å²) in [6.45, 7) is 0. The van der Waals surface area contributed by atoms with E-state index in [4.69, 9.17) is 16.7 Å². The summed E-state index contributed by atoms with van der Waals surface area (Å²) < 4.78 is 0. The summed E-state index contributed by atoms with van der Waals surface area (Å²) in [4.78, 5) is 15.8. The lowest BCUT2D eigenvalue weighted by Gasteiger charge is -2.13. The number of guanidine groups is 1. The molecule has 1 aliphatic carbocycles. The first kappa shape index (κ1) is 16.5. The lowest BCUT2D eigenvalue weighted by atomic mass is 9.92. The third kappa shape index (κ3) is 3.59. The molecule has 5 heteroatoms. The van der Waals surface area contributed by atoms with Crippen LogP contribution in [0.15, 0.2) is 53.5 Å². The Morgan fingerprint density at radius 1 is 1.12 bits per heavy atom. The molecular weight excluding hydrogens is 312 g/mol. The molecule has 0 aromatic heterocycles. The van der Waals surface area contributed by atoms with Crippen LogP contribution in [0.2, 0.25) is 0 Å². The Balaban J connectivity index is 2.08. The number of carbonyl (C=O) groups excluding carboxylic acids is 1. The number of nitriles is 1. The molecule has 0 atom stereocenters. The van der Waals surface area contributed by atoms with Crippen LogP contribution in [0.5, 0.6) is 0 Å². The number of aliphatic imine (C=N–C) groups is 1. The van der Waals surface area contributed by atoms with E-state index in [9.17, 15) is 4.79 Å². The molecule has 0 saturated carbocycles. The number of nitrogens with two attached hydrogens (primary N) is 2. The predicted molar refractivity (Wildman–Crippen MR) is 97.8 cm³/mol. The van der Waals surface area contributed by atoms with Crippen LogP contribution in [0.25, 0.3) is 5.57 Å². The Kier molecular flexibility index (Phi) is 4.62. The number of hydrogen-bond acceptors (Lipinski definition) is 2. The van der Waals surface area contributed by atoms with Gasteiger partial charge in [0, 0.05) is 5.56 Å². The summed E-state index contributed by atoms with van der Waals surface area (Å²) >= 11 is 0. The summed E-state index contributed by atoms with van der Waals surface area (Å²) in [5, 5.41) is 8.98. The highest BCUT2D eigenvalue weighted by Crippen LogP contribution is 2.32. The summed E-state index contributed by atoms with van der Waals surface area (Å²) in [5.41, 5.74) is 16.0. The van der Waals surface area contributed by atoms with Crippen molar-refractivity contribution in [1.82, 2.24) is 0 Å². The fourth-order valence-electron chi connectivity index (χ4n) is 3.01. The fourth-order valence-corrected chi connectivity index (χ4v) is 3.01. The van der Waals surface area contributed by atoms with E-state index in [0.29, 0.717) is 11.1 Å². The van der Waals surface area contributed by atoms with Gasteiger partial charge in [-0.2, -0.15) is 10.3 Å². The van der Waals surface area contributed by atoms with E-state index in [2.05, 4.69) is 17.1 Å². The minimum atomic E-state index is -0.453. The van der Waals surface area contributed by atoms with Gasteiger partial charge in [-0.05, 0) is 65.8 Å². The van der Waals surface area contributed by atoms with Crippen molar-refractivity contribution >= 4 is 17.4 Å². The van der Waals surface area contributed by atoms with Crippen LogP contribution < -0.4 is 11.5 Å². The zero-order valence-corrected chi connectivity index (χ0v) is 13.7. The molecule has 25 heavy (non-hydrogen) atoms. The van der Waals surface area contributed by atoms with Gasteiger partial charge in [0.15, 0.2) is 5.96 Å². The van der Waals surface area contributed by atoms with Crippen molar-refractivity contribution < 1.29 is 4.79 Å². The maximum atomic E-state index is 12.2. The van der Waals surface area contributed by atoms with E-state index in [1.807, 2.05) is 24.3 Å². The number of hydrogen-bond donors (Lipinski definition) is 2. The van der Waals surface area contributed by atoms with Crippen molar-refractivity contribution in [3.63, 3.8) is 0 Å². The van der Waals surface area contributed by atoms with Crippen LogP contribution in [0.4, 0.5) is 0 Å². The van der Waals surface area contributed by atoms with Crippen LogP contribution in [0.3, 0.4) is 0 Å². The van der Waals surface area contributed by atoms with Crippen molar-refractivity contribution in [1.29, 1.82) is 5.26 Å². The number of benzene rings is 2. The summed E-state index contributed by atoms with van der Waals surface area (Å²) in [7, 11) is 0. The van der Waals surface area contributed by atoms with Gasteiger partial charge in [-0.15, -0.1) is 0 Å². The molecule has 0 bridgehead atoms. The number of rotatable bonds is 2. The molecule has 0 spiro atoms. The van der Waals surface area contributed by atoms with Crippen LogP contribution in [0, 0.1) is 11.3 Å². The minimum Gasteiger partial charge on any atom is -0.370 e. The number of nitrogens with zero attached hydrogens (tertiary/aromatic N) is 2. The molecule has 5 nitrogen and oxygen atoms in total.